The number of halogens is 2. The number of fused-ring (bicyclic) bond motifs is 1. The lowest BCUT2D eigenvalue weighted by atomic mass is 9.84. The second-order valence-electron chi connectivity index (χ2n) is 6.01. The second kappa shape index (κ2) is 5.72. The Balaban J connectivity index is 2.49. The van der Waals surface area contributed by atoms with E-state index in [-0.39, 0.29) is 11.3 Å². The van der Waals surface area contributed by atoms with Crippen LogP contribution in [0.15, 0.2) is 18.2 Å². The third-order valence-corrected chi connectivity index (χ3v) is 5.10. The maximum atomic E-state index is 14.5. The van der Waals surface area contributed by atoms with Gasteiger partial charge in [0, 0.05) is 16.9 Å². The van der Waals surface area contributed by atoms with Gasteiger partial charge in [0.25, 0.3) is 0 Å². The molecular formula is C14H19F2NO3S. The summed E-state index contributed by atoms with van der Waals surface area (Å²) in [5.74, 6) is -0.751. The molecule has 2 N–H and O–H groups in total. The number of nitrogens with one attached hydrogen (secondary N) is 1. The molecule has 0 saturated carbocycles. The zero-order chi connectivity index (χ0) is 15.8. The van der Waals surface area contributed by atoms with E-state index in [0.717, 1.165) is 0 Å². The van der Waals surface area contributed by atoms with Crippen molar-refractivity contribution in [3.63, 3.8) is 0 Å². The Kier molecular flexibility index (Phi) is 4.49. The highest BCUT2D eigenvalue weighted by atomic mass is 32.2. The molecule has 1 aromatic rings. The Morgan fingerprint density at radius 2 is 2.19 bits per heavy atom. The first-order valence-electron chi connectivity index (χ1n) is 6.59. The van der Waals surface area contributed by atoms with Gasteiger partial charge in [-0.25, -0.2) is 8.78 Å². The minimum absolute atomic E-state index is 0.112. The number of alkyl halides is 1. The van der Waals surface area contributed by atoms with Crippen LogP contribution in [-0.4, -0.2) is 33.8 Å². The van der Waals surface area contributed by atoms with Crippen molar-refractivity contribution in [2.75, 3.05) is 13.2 Å². The fraction of sp³-hybridized carbons (Fsp3) is 0.571. The Morgan fingerprint density at radius 3 is 2.76 bits per heavy atom. The number of benzene rings is 1. The van der Waals surface area contributed by atoms with Crippen LogP contribution >= 0.6 is 0 Å². The number of hydrogen-bond donors (Lipinski definition) is 2. The molecule has 0 saturated heterocycles. The van der Waals surface area contributed by atoms with E-state index in [2.05, 4.69) is 4.72 Å². The molecule has 1 aliphatic heterocycles. The van der Waals surface area contributed by atoms with Crippen molar-refractivity contribution in [1.29, 1.82) is 0 Å². The molecule has 118 valence electrons. The first kappa shape index (κ1) is 16.5. The molecule has 0 spiro atoms. The van der Waals surface area contributed by atoms with Crippen LogP contribution in [0.1, 0.15) is 26.3 Å². The van der Waals surface area contributed by atoms with Gasteiger partial charge in [0.05, 0.1) is 6.61 Å². The van der Waals surface area contributed by atoms with Gasteiger partial charge in [0.1, 0.15) is 16.9 Å². The van der Waals surface area contributed by atoms with Crippen molar-refractivity contribution in [2.45, 2.75) is 37.2 Å². The number of para-hydroxylation sites is 1. The molecule has 3 atom stereocenters. The summed E-state index contributed by atoms with van der Waals surface area (Å²) in [4.78, 5) is 0. The van der Waals surface area contributed by atoms with Crippen molar-refractivity contribution >= 4 is 11.4 Å². The molecule has 7 heteroatoms. The average Bonchev–Trinajstić information content (AvgIpc) is 2.41. The fourth-order valence-corrected chi connectivity index (χ4v) is 3.07. The third-order valence-electron chi connectivity index (χ3n) is 3.44. The Morgan fingerprint density at radius 1 is 1.52 bits per heavy atom. The highest BCUT2D eigenvalue weighted by Crippen LogP contribution is 2.41. The van der Waals surface area contributed by atoms with Gasteiger partial charge in [0.2, 0.25) is 0 Å². The van der Waals surface area contributed by atoms with Crippen LogP contribution in [-0.2, 0) is 16.9 Å². The van der Waals surface area contributed by atoms with Gasteiger partial charge < -0.3 is 14.4 Å². The molecule has 4 nitrogen and oxygen atoms in total. The Hall–Kier alpha value is -0.890. The van der Waals surface area contributed by atoms with E-state index in [1.54, 1.807) is 20.8 Å². The molecule has 21 heavy (non-hydrogen) atoms. The van der Waals surface area contributed by atoms with E-state index < -0.39 is 46.9 Å². The predicted octanol–water partition coefficient (Wildman–Crippen LogP) is 1.80. The van der Waals surface area contributed by atoms with Gasteiger partial charge in [0.15, 0.2) is 17.7 Å². The van der Waals surface area contributed by atoms with E-state index in [9.17, 15) is 18.4 Å². The van der Waals surface area contributed by atoms with Crippen molar-refractivity contribution in [1.82, 2.24) is 4.72 Å². The standard InChI is InChI=1S/C14H19F2NO3S/c1-13(2,3)21(19)17-14(8-18)9-5-4-6-10(15)12(9)20-7-11(14)16/h4-6,11,17-18H,7-8H2,1-3H3/t11-,14+,21+/m0/s1. The molecule has 2 rings (SSSR count). The van der Waals surface area contributed by atoms with Crippen LogP contribution in [0.5, 0.6) is 5.75 Å². The minimum atomic E-state index is -1.65. The van der Waals surface area contributed by atoms with E-state index in [4.69, 9.17) is 4.74 Å². The molecule has 0 amide bonds. The summed E-state index contributed by atoms with van der Waals surface area (Å²) in [6.07, 6.45) is -1.65. The molecular weight excluding hydrogens is 300 g/mol. The van der Waals surface area contributed by atoms with Gasteiger partial charge in [-0.1, -0.05) is 12.1 Å². The second-order valence-corrected chi connectivity index (χ2v) is 7.97. The maximum absolute atomic E-state index is 14.5. The topological polar surface area (TPSA) is 64.5 Å². The predicted molar refractivity (Wildman–Crippen MR) is 76.6 cm³/mol. The quantitative estimate of drug-likeness (QED) is 0.834. The van der Waals surface area contributed by atoms with E-state index in [1.807, 2.05) is 0 Å². The van der Waals surface area contributed by atoms with Crippen LogP contribution in [0.25, 0.3) is 0 Å². The minimum Gasteiger partial charge on any atom is -0.598 e. The van der Waals surface area contributed by atoms with Crippen molar-refractivity contribution in [3.8, 4) is 5.75 Å². The van der Waals surface area contributed by atoms with Crippen LogP contribution in [0.3, 0.4) is 0 Å². The number of aliphatic hydroxyl groups is 1. The smallest absolute Gasteiger partial charge is 0.165 e. The molecule has 1 heterocycles. The normalized spacial score (nSPS) is 26.9. The summed E-state index contributed by atoms with van der Waals surface area (Å²) < 4.78 is 47.7. The Bertz CT molecular complexity index is 523. The van der Waals surface area contributed by atoms with Gasteiger partial charge in [-0.15, -0.1) is 4.72 Å². The van der Waals surface area contributed by atoms with Crippen molar-refractivity contribution < 1.29 is 23.2 Å². The van der Waals surface area contributed by atoms with Crippen molar-refractivity contribution in [3.05, 3.63) is 29.6 Å². The number of aliphatic hydroxyl groups excluding tert-OH is 1. The van der Waals surface area contributed by atoms with E-state index >= 15 is 0 Å². The summed E-state index contributed by atoms with van der Waals surface area (Å²) >= 11 is -1.64. The summed E-state index contributed by atoms with van der Waals surface area (Å²) in [6, 6.07) is 4.06. The number of ether oxygens (including phenoxy) is 1. The molecule has 1 aliphatic rings. The summed E-state index contributed by atoms with van der Waals surface area (Å²) in [5, 5.41) is 9.75. The lowest BCUT2D eigenvalue weighted by molar-refractivity contribution is 0.0343. The lowest BCUT2D eigenvalue weighted by Crippen LogP contribution is -2.61. The first-order chi connectivity index (χ1) is 9.72. The van der Waals surface area contributed by atoms with Gasteiger partial charge in [-0.3, -0.25) is 0 Å². The number of rotatable bonds is 3. The molecule has 1 aromatic carbocycles. The van der Waals surface area contributed by atoms with Gasteiger partial charge >= 0.3 is 0 Å². The SMILES string of the molecule is CC(C)(C)[S@@+]([O-])N[C@]1(CO)c2cccc(F)c2OC[C@@H]1F. The molecule has 0 unspecified atom stereocenters. The van der Waals surface area contributed by atoms with Gasteiger partial charge in [-0.2, -0.15) is 0 Å². The first-order valence-corrected chi connectivity index (χ1v) is 7.74. The largest absolute Gasteiger partial charge is 0.598 e. The molecule has 0 fully saturated rings. The fourth-order valence-electron chi connectivity index (χ4n) is 2.13. The zero-order valence-electron chi connectivity index (χ0n) is 12.2. The highest BCUT2D eigenvalue weighted by Gasteiger charge is 2.51. The van der Waals surface area contributed by atoms with Crippen LogP contribution < -0.4 is 9.46 Å². The van der Waals surface area contributed by atoms with Crippen LogP contribution in [0.4, 0.5) is 8.78 Å². The lowest BCUT2D eigenvalue weighted by Gasteiger charge is -2.41. The van der Waals surface area contributed by atoms with Crippen molar-refractivity contribution in [2.24, 2.45) is 0 Å². The maximum Gasteiger partial charge on any atom is 0.165 e. The Labute approximate surface area is 125 Å². The van der Waals surface area contributed by atoms with E-state index in [1.165, 1.54) is 18.2 Å². The average molecular weight is 319 g/mol. The molecule has 0 aromatic heterocycles. The summed E-state index contributed by atoms with van der Waals surface area (Å²) in [6.45, 7) is 4.10. The molecule has 0 aliphatic carbocycles. The van der Waals surface area contributed by atoms with E-state index in [0.29, 0.717) is 0 Å². The third kappa shape index (κ3) is 2.88. The van der Waals surface area contributed by atoms with Gasteiger partial charge in [-0.05, 0) is 26.8 Å². The summed E-state index contributed by atoms with van der Waals surface area (Å²) in [7, 11) is 0. The van der Waals surface area contributed by atoms with Crippen LogP contribution in [0.2, 0.25) is 0 Å². The monoisotopic (exact) mass is 319 g/mol. The highest BCUT2D eigenvalue weighted by molar-refractivity contribution is 7.90. The van der Waals surface area contributed by atoms with Crippen LogP contribution in [0, 0.1) is 5.82 Å². The zero-order valence-corrected chi connectivity index (χ0v) is 13.0. The number of hydrogen-bond acceptors (Lipinski definition) is 4. The summed E-state index contributed by atoms with van der Waals surface area (Å²) in [5.41, 5.74) is -1.50. The molecule has 0 bridgehead atoms. The molecule has 0 radical (unpaired) electrons.